The summed E-state index contributed by atoms with van der Waals surface area (Å²) in [6, 6.07) is 5.67. The fraction of sp³-hybridized carbons (Fsp3) is 0.385. The Morgan fingerprint density at radius 2 is 2.00 bits per heavy atom. The molecule has 0 aliphatic heterocycles. The molecule has 1 aromatic rings. The van der Waals surface area contributed by atoms with Crippen molar-refractivity contribution in [2.75, 3.05) is 18.0 Å². The lowest BCUT2D eigenvalue weighted by molar-refractivity contribution is 0.470. The molecule has 0 spiro atoms. The molecule has 0 unspecified atom stereocenters. The predicted molar refractivity (Wildman–Crippen MR) is 64.2 cm³/mol. The summed E-state index contributed by atoms with van der Waals surface area (Å²) in [5.41, 5.74) is 1.85. The first kappa shape index (κ1) is 11.5. The topological polar surface area (TPSA) is 23.5 Å². The van der Waals surface area contributed by atoms with Gasteiger partial charge in [-0.25, -0.2) is 0 Å². The van der Waals surface area contributed by atoms with E-state index in [4.69, 9.17) is 6.42 Å². The first-order valence-electron chi connectivity index (χ1n) is 5.23. The van der Waals surface area contributed by atoms with E-state index in [1.54, 1.807) is 6.07 Å². The van der Waals surface area contributed by atoms with E-state index in [-0.39, 0.29) is 5.75 Å². The van der Waals surface area contributed by atoms with E-state index in [1.807, 2.05) is 12.1 Å². The van der Waals surface area contributed by atoms with Gasteiger partial charge in [-0.05, 0) is 19.9 Å². The van der Waals surface area contributed by atoms with Crippen LogP contribution in [0, 0.1) is 12.3 Å². The minimum Gasteiger partial charge on any atom is -0.508 e. The molecule has 80 valence electrons. The zero-order valence-corrected chi connectivity index (χ0v) is 9.33. The third kappa shape index (κ3) is 2.66. The van der Waals surface area contributed by atoms with Gasteiger partial charge in [-0.3, -0.25) is 0 Å². The standard InChI is InChI=1S/C13H17NO/c1-4-7-11-8-9-12(10-13(11)15)14(5-2)6-3/h1,8-10,15H,5-7H2,2-3H3. The highest BCUT2D eigenvalue weighted by atomic mass is 16.3. The number of phenols is 1. The van der Waals surface area contributed by atoms with Gasteiger partial charge in [-0.15, -0.1) is 12.3 Å². The summed E-state index contributed by atoms with van der Waals surface area (Å²) in [6.07, 6.45) is 5.68. The van der Waals surface area contributed by atoms with Crippen LogP contribution < -0.4 is 4.90 Å². The maximum atomic E-state index is 9.74. The Morgan fingerprint density at radius 3 is 2.47 bits per heavy atom. The highest BCUT2D eigenvalue weighted by Crippen LogP contribution is 2.24. The van der Waals surface area contributed by atoms with Crippen molar-refractivity contribution in [2.45, 2.75) is 20.3 Å². The minimum atomic E-state index is 0.289. The lowest BCUT2D eigenvalue weighted by Crippen LogP contribution is -2.21. The molecule has 0 aliphatic carbocycles. The van der Waals surface area contributed by atoms with Gasteiger partial charge in [0, 0.05) is 36.8 Å². The average molecular weight is 203 g/mol. The molecule has 2 nitrogen and oxygen atoms in total. The number of benzene rings is 1. The molecular formula is C13H17NO. The SMILES string of the molecule is C#CCc1ccc(N(CC)CC)cc1O. The van der Waals surface area contributed by atoms with Crippen LogP contribution in [0.15, 0.2) is 18.2 Å². The molecule has 1 rings (SSSR count). The molecule has 0 radical (unpaired) electrons. The third-order valence-electron chi connectivity index (χ3n) is 2.49. The third-order valence-corrected chi connectivity index (χ3v) is 2.49. The quantitative estimate of drug-likeness (QED) is 0.760. The van der Waals surface area contributed by atoms with Crippen molar-refractivity contribution in [2.24, 2.45) is 0 Å². The zero-order chi connectivity index (χ0) is 11.3. The molecule has 15 heavy (non-hydrogen) atoms. The van der Waals surface area contributed by atoms with Crippen LogP contribution >= 0.6 is 0 Å². The second-order valence-electron chi connectivity index (χ2n) is 3.37. The summed E-state index contributed by atoms with van der Waals surface area (Å²) in [5.74, 6) is 2.82. The summed E-state index contributed by atoms with van der Waals surface area (Å²) >= 11 is 0. The van der Waals surface area contributed by atoms with Gasteiger partial charge in [0.1, 0.15) is 5.75 Å². The normalized spacial score (nSPS) is 9.67. The van der Waals surface area contributed by atoms with Crippen molar-refractivity contribution in [3.05, 3.63) is 23.8 Å². The van der Waals surface area contributed by atoms with Gasteiger partial charge in [0.25, 0.3) is 0 Å². The highest BCUT2D eigenvalue weighted by molar-refractivity contribution is 5.53. The number of phenolic OH excluding ortho intramolecular Hbond substituents is 1. The van der Waals surface area contributed by atoms with Gasteiger partial charge in [0.05, 0.1) is 0 Å². The van der Waals surface area contributed by atoms with Gasteiger partial charge in [-0.1, -0.05) is 6.07 Å². The van der Waals surface area contributed by atoms with Gasteiger partial charge in [0.15, 0.2) is 0 Å². The summed E-state index contributed by atoms with van der Waals surface area (Å²) in [7, 11) is 0. The number of hydrogen-bond donors (Lipinski definition) is 1. The molecular weight excluding hydrogens is 186 g/mol. The van der Waals surface area contributed by atoms with E-state index >= 15 is 0 Å². The van der Waals surface area contributed by atoms with E-state index in [1.165, 1.54) is 0 Å². The van der Waals surface area contributed by atoms with Crippen molar-refractivity contribution in [1.29, 1.82) is 0 Å². The van der Waals surface area contributed by atoms with Crippen molar-refractivity contribution in [3.63, 3.8) is 0 Å². The largest absolute Gasteiger partial charge is 0.508 e. The van der Waals surface area contributed by atoms with Crippen LogP contribution in [-0.2, 0) is 6.42 Å². The van der Waals surface area contributed by atoms with Crippen LogP contribution in [0.2, 0.25) is 0 Å². The smallest absolute Gasteiger partial charge is 0.121 e. The van der Waals surface area contributed by atoms with E-state index in [9.17, 15) is 5.11 Å². The maximum absolute atomic E-state index is 9.74. The summed E-state index contributed by atoms with van der Waals surface area (Å²) in [4.78, 5) is 2.18. The summed E-state index contributed by atoms with van der Waals surface area (Å²) < 4.78 is 0. The highest BCUT2D eigenvalue weighted by Gasteiger charge is 2.05. The van der Waals surface area contributed by atoms with Crippen molar-refractivity contribution in [3.8, 4) is 18.1 Å². The molecule has 0 fully saturated rings. The molecule has 0 aromatic heterocycles. The van der Waals surface area contributed by atoms with Crippen molar-refractivity contribution < 1.29 is 5.11 Å². The monoisotopic (exact) mass is 203 g/mol. The summed E-state index contributed by atoms with van der Waals surface area (Å²) in [6.45, 7) is 6.06. The molecule has 2 heteroatoms. The van der Waals surface area contributed by atoms with E-state index in [2.05, 4.69) is 24.7 Å². The predicted octanol–water partition coefficient (Wildman–Crippen LogP) is 2.41. The molecule has 0 atom stereocenters. The zero-order valence-electron chi connectivity index (χ0n) is 9.33. The van der Waals surface area contributed by atoms with Crippen LogP contribution in [-0.4, -0.2) is 18.2 Å². The molecule has 0 saturated heterocycles. The van der Waals surface area contributed by atoms with Gasteiger partial charge in [0.2, 0.25) is 0 Å². The fourth-order valence-electron chi connectivity index (χ4n) is 1.60. The number of hydrogen-bond acceptors (Lipinski definition) is 2. The average Bonchev–Trinajstić information content (AvgIpc) is 2.24. The molecule has 1 aromatic carbocycles. The number of terminal acetylenes is 1. The second kappa shape index (κ2) is 5.31. The number of nitrogens with zero attached hydrogens (tertiary/aromatic N) is 1. The number of aromatic hydroxyl groups is 1. The Labute approximate surface area is 91.5 Å². The lowest BCUT2D eigenvalue weighted by Gasteiger charge is -2.21. The maximum Gasteiger partial charge on any atom is 0.121 e. The Balaban J connectivity index is 2.95. The summed E-state index contributed by atoms with van der Waals surface area (Å²) in [5, 5.41) is 9.74. The van der Waals surface area contributed by atoms with Crippen LogP contribution in [0.25, 0.3) is 0 Å². The fourth-order valence-corrected chi connectivity index (χ4v) is 1.60. The molecule has 1 N–H and O–H groups in total. The minimum absolute atomic E-state index is 0.289. The van der Waals surface area contributed by atoms with Crippen LogP contribution in [0.3, 0.4) is 0 Å². The van der Waals surface area contributed by atoms with Crippen LogP contribution in [0.5, 0.6) is 5.75 Å². The second-order valence-corrected chi connectivity index (χ2v) is 3.37. The lowest BCUT2D eigenvalue weighted by atomic mass is 10.1. The number of rotatable bonds is 4. The Kier molecular flexibility index (Phi) is 4.05. The van der Waals surface area contributed by atoms with E-state index < -0.39 is 0 Å². The van der Waals surface area contributed by atoms with Gasteiger partial charge < -0.3 is 10.0 Å². The Hall–Kier alpha value is -1.62. The van der Waals surface area contributed by atoms with Crippen LogP contribution in [0.4, 0.5) is 5.69 Å². The Morgan fingerprint density at radius 1 is 1.33 bits per heavy atom. The van der Waals surface area contributed by atoms with E-state index in [0.717, 1.165) is 24.3 Å². The molecule has 0 aliphatic rings. The Bertz CT molecular complexity index is 361. The first-order chi connectivity index (χ1) is 7.22. The van der Waals surface area contributed by atoms with E-state index in [0.29, 0.717) is 6.42 Å². The van der Waals surface area contributed by atoms with Crippen molar-refractivity contribution in [1.82, 2.24) is 0 Å². The van der Waals surface area contributed by atoms with Crippen LogP contribution in [0.1, 0.15) is 19.4 Å². The first-order valence-corrected chi connectivity index (χ1v) is 5.23. The van der Waals surface area contributed by atoms with Gasteiger partial charge in [-0.2, -0.15) is 0 Å². The molecule has 0 bridgehead atoms. The molecule has 0 amide bonds. The van der Waals surface area contributed by atoms with Gasteiger partial charge >= 0.3 is 0 Å². The van der Waals surface area contributed by atoms with Crippen molar-refractivity contribution >= 4 is 5.69 Å². The molecule has 0 heterocycles. The number of anilines is 1. The molecule has 0 saturated carbocycles.